The van der Waals surface area contributed by atoms with Gasteiger partial charge in [0.1, 0.15) is 5.75 Å². The van der Waals surface area contributed by atoms with Gasteiger partial charge in [-0.2, -0.15) is 8.78 Å². The van der Waals surface area contributed by atoms with Crippen molar-refractivity contribution in [2.75, 3.05) is 11.1 Å². The Labute approximate surface area is 138 Å². The normalized spacial score (nSPS) is 11.3. The van der Waals surface area contributed by atoms with Gasteiger partial charge in [0.25, 0.3) is 5.91 Å². The maximum Gasteiger partial charge on any atom is 0.387 e. The Morgan fingerprint density at radius 1 is 1.17 bits per heavy atom. The van der Waals surface area contributed by atoms with Crippen LogP contribution in [0.15, 0.2) is 53.4 Å². The standard InChI is InChI=1S/C16H15F2NO4S/c1-2-24(21,22)14-8-6-11(7-9-14)15(20)19-12-4-3-5-13(10-12)23-16(17)18/h3-10,16H,2H2,1H3,(H,19,20). The Morgan fingerprint density at radius 2 is 1.83 bits per heavy atom. The van der Waals surface area contributed by atoms with Crippen molar-refractivity contribution in [1.82, 2.24) is 0 Å². The first-order valence-corrected chi connectivity index (χ1v) is 8.66. The van der Waals surface area contributed by atoms with Crippen LogP contribution in [-0.4, -0.2) is 26.7 Å². The van der Waals surface area contributed by atoms with E-state index in [0.717, 1.165) is 0 Å². The van der Waals surface area contributed by atoms with Crippen LogP contribution in [0.3, 0.4) is 0 Å². The van der Waals surface area contributed by atoms with Crippen molar-refractivity contribution in [3.63, 3.8) is 0 Å². The largest absolute Gasteiger partial charge is 0.435 e. The molecule has 0 radical (unpaired) electrons. The van der Waals surface area contributed by atoms with Crippen LogP contribution >= 0.6 is 0 Å². The Bertz CT molecular complexity index is 820. The molecule has 2 aromatic carbocycles. The van der Waals surface area contributed by atoms with Crippen molar-refractivity contribution >= 4 is 21.4 Å². The van der Waals surface area contributed by atoms with Crippen molar-refractivity contribution in [2.24, 2.45) is 0 Å². The predicted molar refractivity (Wildman–Crippen MR) is 85.2 cm³/mol. The molecule has 24 heavy (non-hydrogen) atoms. The van der Waals surface area contributed by atoms with Gasteiger partial charge in [0, 0.05) is 17.3 Å². The lowest BCUT2D eigenvalue weighted by molar-refractivity contribution is -0.0498. The van der Waals surface area contributed by atoms with Gasteiger partial charge < -0.3 is 10.1 Å². The number of rotatable bonds is 6. The van der Waals surface area contributed by atoms with E-state index in [-0.39, 0.29) is 27.6 Å². The first-order chi connectivity index (χ1) is 11.3. The zero-order chi connectivity index (χ0) is 17.7. The van der Waals surface area contributed by atoms with Gasteiger partial charge in [0.15, 0.2) is 9.84 Å². The van der Waals surface area contributed by atoms with E-state index in [9.17, 15) is 22.0 Å². The van der Waals surface area contributed by atoms with Crippen LogP contribution in [-0.2, 0) is 9.84 Å². The lowest BCUT2D eigenvalue weighted by Gasteiger charge is -2.09. The molecule has 1 amide bonds. The summed E-state index contributed by atoms with van der Waals surface area (Å²) >= 11 is 0. The highest BCUT2D eigenvalue weighted by Crippen LogP contribution is 2.20. The van der Waals surface area contributed by atoms with E-state index in [2.05, 4.69) is 10.1 Å². The molecule has 0 aromatic heterocycles. The predicted octanol–water partition coefficient (Wildman–Crippen LogP) is 3.33. The number of halogens is 2. The molecule has 0 unspecified atom stereocenters. The van der Waals surface area contributed by atoms with Crippen molar-refractivity contribution in [2.45, 2.75) is 18.4 Å². The van der Waals surface area contributed by atoms with Gasteiger partial charge in [0.05, 0.1) is 10.6 Å². The Hall–Kier alpha value is -2.48. The third kappa shape index (κ3) is 4.51. The molecular weight excluding hydrogens is 340 g/mol. The van der Waals surface area contributed by atoms with Gasteiger partial charge in [-0.15, -0.1) is 0 Å². The Kier molecular flexibility index (Phi) is 5.50. The first kappa shape index (κ1) is 17.9. The number of ether oxygens (including phenoxy) is 1. The molecule has 2 aromatic rings. The number of amides is 1. The second-order valence-corrected chi connectivity index (χ2v) is 7.07. The van der Waals surface area contributed by atoms with Crippen LogP contribution in [0, 0.1) is 0 Å². The second kappa shape index (κ2) is 7.39. The fraction of sp³-hybridized carbons (Fsp3) is 0.188. The number of alkyl halides is 2. The smallest absolute Gasteiger partial charge is 0.387 e. The summed E-state index contributed by atoms with van der Waals surface area (Å²) in [6.45, 7) is -1.42. The molecule has 0 heterocycles. The fourth-order valence-corrected chi connectivity index (χ4v) is 2.82. The SMILES string of the molecule is CCS(=O)(=O)c1ccc(C(=O)Nc2cccc(OC(F)F)c2)cc1. The number of hydrogen-bond donors (Lipinski definition) is 1. The second-order valence-electron chi connectivity index (χ2n) is 4.79. The molecule has 8 heteroatoms. The average molecular weight is 355 g/mol. The summed E-state index contributed by atoms with van der Waals surface area (Å²) < 4.78 is 52.1. The molecule has 0 bridgehead atoms. The van der Waals surface area contributed by atoms with Gasteiger partial charge in [-0.25, -0.2) is 8.42 Å². The lowest BCUT2D eigenvalue weighted by Crippen LogP contribution is -2.12. The van der Waals surface area contributed by atoms with Gasteiger partial charge >= 0.3 is 6.61 Å². The molecule has 0 saturated heterocycles. The van der Waals surface area contributed by atoms with Crippen LogP contribution < -0.4 is 10.1 Å². The minimum Gasteiger partial charge on any atom is -0.435 e. The average Bonchev–Trinajstić information content (AvgIpc) is 2.54. The highest BCUT2D eigenvalue weighted by atomic mass is 32.2. The van der Waals surface area contributed by atoms with E-state index in [0.29, 0.717) is 0 Å². The van der Waals surface area contributed by atoms with E-state index < -0.39 is 22.4 Å². The molecule has 0 aliphatic rings. The number of nitrogens with one attached hydrogen (secondary N) is 1. The molecule has 0 spiro atoms. The molecule has 0 saturated carbocycles. The van der Waals surface area contributed by atoms with E-state index in [1.807, 2.05) is 0 Å². The third-order valence-corrected chi connectivity index (χ3v) is 4.92. The zero-order valence-electron chi connectivity index (χ0n) is 12.7. The quantitative estimate of drug-likeness (QED) is 0.863. The topological polar surface area (TPSA) is 72.5 Å². The highest BCUT2D eigenvalue weighted by molar-refractivity contribution is 7.91. The molecule has 1 N–H and O–H groups in total. The molecule has 0 aliphatic carbocycles. The molecule has 2 rings (SSSR count). The summed E-state index contributed by atoms with van der Waals surface area (Å²) in [6, 6.07) is 11.1. The van der Waals surface area contributed by atoms with Crippen LogP contribution in [0.2, 0.25) is 0 Å². The van der Waals surface area contributed by atoms with Crippen molar-refractivity contribution in [1.29, 1.82) is 0 Å². The number of carbonyl (C=O) groups is 1. The van der Waals surface area contributed by atoms with Gasteiger partial charge in [0.2, 0.25) is 0 Å². The lowest BCUT2D eigenvalue weighted by atomic mass is 10.2. The minimum atomic E-state index is -3.34. The van der Waals surface area contributed by atoms with Gasteiger partial charge in [-0.3, -0.25) is 4.79 Å². The molecule has 0 aliphatic heterocycles. The monoisotopic (exact) mass is 355 g/mol. The summed E-state index contributed by atoms with van der Waals surface area (Å²) in [7, 11) is -3.34. The van der Waals surface area contributed by atoms with E-state index in [4.69, 9.17) is 0 Å². The number of hydrogen-bond acceptors (Lipinski definition) is 4. The van der Waals surface area contributed by atoms with Crippen molar-refractivity contribution < 1.29 is 26.7 Å². The Morgan fingerprint density at radius 3 is 2.42 bits per heavy atom. The molecule has 0 fully saturated rings. The number of sulfone groups is 1. The van der Waals surface area contributed by atoms with Crippen LogP contribution in [0.1, 0.15) is 17.3 Å². The fourth-order valence-electron chi connectivity index (χ4n) is 1.93. The first-order valence-electron chi connectivity index (χ1n) is 7.01. The number of benzene rings is 2. The van der Waals surface area contributed by atoms with Crippen LogP contribution in [0.25, 0.3) is 0 Å². The maximum absolute atomic E-state index is 12.2. The molecule has 0 atom stereocenters. The van der Waals surface area contributed by atoms with E-state index in [1.165, 1.54) is 55.5 Å². The Balaban J connectivity index is 2.13. The molecular formula is C16H15F2NO4S. The minimum absolute atomic E-state index is 0.0323. The number of carbonyl (C=O) groups excluding carboxylic acids is 1. The third-order valence-electron chi connectivity index (χ3n) is 3.17. The zero-order valence-corrected chi connectivity index (χ0v) is 13.5. The molecule has 128 valence electrons. The van der Waals surface area contributed by atoms with E-state index >= 15 is 0 Å². The number of anilines is 1. The van der Waals surface area contributed by atoms with Gasteiger partial charge in [-0.05, 0) is 36.4 Å². The van der Waals surface area contributed by atoms with E-state index in [1.54, 1.807) is 0 Å². The summed E-state index contributed by atoms with van der Waals surface area (Å²) in [5.74, 6) is -0.605. The summed E-state index contributed by atoms with van der Waals surface area (Å²) in [6.07, 6.45) is 0. The summed E-state index contributed by atoms with van der Waals surface area (Å²) in [5, 5.41) is 2.53. The van der Waals surface area contributed by atoms with Crippen LogP contribution in [0.5, 0.6) is 5.75 Å². The summed E-state index contributed by atoms with van der Waals surface area (Å²) in [4.78, 5) is 12.3. The van der Waals surface area contributed by atoms with Crippen LogP contribution in [0.4, 0.5) is 14.5 Å². The van der Waals surface area contributed by atoms with Crippen molar-refractivity contribution in [3.05, 3.63) is 54.1 Å². The highest BCUT2D eigenvalue weighted by Gasteiger charge is 2.13. The van der Waals surface area contributed by atoms with Gasteiger partial charge in [-0.1, -0.05) is 13.0 Å². The van der Waals surface area contributed by atoms with Crippen molar-refractivity contribution in [3.8, 4) is 5.75 Å². The maximum atomic E-state index is 12.2. The molecule has 5 nitrogen and oxygen atoms in total. The summed E-state index contributed by atoms with van der Waals surface area (Å²) in [5.41, 5.74) is 0.522.